The zero-order valence-electron chi connectivity index (χ0n) is 13.0. The molecule has 2 heteroatoms. The lowest BCUT2D eigenvalue weighted by atomic mass is 9.82. The Hall–Kier alpha value is -2.25. The third-order valence-electron chi connectivity index (χ3n) is 5.14. The number of para-hydroxylation sites is 1. The molecule has 1 heterocycles. The topological polar surface area (TPSA) is 13.1 Å². The summed E-state index contributed by atoms with van der Waals surface area (Å²) in [6.07, 6.45) is 0. The van der Waals surface area contributed by atoms with Crippen LogP contribution in [0.3, 0.4) is 0 Å². The van der Waals surface area contributed by atoms with Crippen LogP contribution in [0.25, 0.3) is 33.1 Å². The number of hydrogen-bond acceptors (Lipinski definition) is 1. The molecule has 0 saturated heterocycles. The van der Waals surface area contributed by atoms with E-state index < -0.39 is 0 Å². The normalized spacial score (nSPS) is 15.1. The Bertz CT molecular complexity index is 1100. The van der Waals surface area contributed by atoms with Crippen LogP contribution in [0.5, 0.6) is 0 Å². The molecular formula is C21H15ClO. The molecule has 0 spiro atoms. The lowest BCUT2D eigenvalue weighted by Gasteiger charge is -2.21. The van der Waals surface area contributed by atoms with Crippen molar-refractivity contribution < 1.29 is 4.42 Å². The second-order valence-electron chi connectivity index (χ2n) is 6.78. The molecule has 112 valence electrons. The number of furan rings is 1. The van der Waals surface area contributed by atoms with Crippen molar-refractivity contribution in [1.82, 2.24) is 0 Å². The molecule has 0 amide bonds. The minimum atomic E-state index is -0.0393. The Balaban J connectivity index is 2.01. The summed E-state index contributed by atoms with van der Waals surface area (Å²) in [6.45, 7) is 4.53. The van der Waals surface area contributed by atoms with Crippen LogP contribution >= 0.6 is 11.6 Å². The summed E-state index contributed by atoms with van der Waals surface area (Å²) in [6, 6.07) is 18.8. The van der Waals surface area contributed by atoms with Gasteiger partial charge in [0, 0.05) is 26.8 Å². The molecular weight excluding hydrogens is 304 g/mol. The van der Waals surface area contributed by atoms with Crippen molar-refractivity contribution in [3.8, 4) is 11.1 Å². The maximum absolute atomic E-state index is 6.28. The number of halogens is 1. The van der Waals surface area contributed by atoms with Crippen molar-refractivity contribution in [2.75, 3.05) is 0 Å². The Morgan fingerprint density at radius 3 is 2.52 bits per heavy atom. The van der Waals surface area contributed by atoms with Gasteiger partial charge in [-0.2, -0.15) is 0 Å². The van der Waals surface area contributed by atoms with Gasteiger partial charge in [0.05, 0.1) is 0 Å². The Kier molecular flexibility index (Phi) is 2.40. The molecule has 0 bridgehead atoms. The minimum Gasteiger partial charge on any atom is -0.455 e. The van der Waals surface area contributed by atoms with Gasteiger partial charge in [-0.1, -0.05) is 61.8 Å². The van der Waals surface area contributed by atoms with Crippen molar-refractivity contribution in [1.29, 1.82) is 0 Å². The SMILES string of the molecule is CC1(C)c2ccc(Cl)cc2-c2c1ccc1c2oc2ccccc21. The smallest absolute Gasteiger partial charge is 0.143 e. The quantitative estimate of drug-likeness (QED) is 0.358. The van der Waals surface area contributed by atoms with E-state index in [1.165, 1.54) is 33.0 Å². The molecule has 5 rings (SSSR count). The van der Waals surface area contributed by atoms with Crippen molar-refractivity contribution in [2.24, 2.45) is 0 Å². The summed E-state index contributed by atoms with van der Waals surface area (Å²) in [7, 11) is 0. The molecule has 1 nitrogen and oxygen atoms in total. The van der Waals surface area contributed by atoms with E-state index in [-0.39, 0.29) is 5.41 Å². The highest BCUT2D eigenvalue weighted by Crippen LogP contribution is 2.52. The second-order valence-corrected chi connectivity index (χ2v) is 7.21. The summed E-state index contributed by atoms with van der Waals surface area (Å²) in [5, 5.41) is 3.10. The molecule has 0 radical (unpaired) electrons. The fourth-order valence-electron chi connectivity index (χ4n) is 3.99. The van der Waals surface area contributed by atoms with Crippen LogP contribution in [0.15, 0.2) is 59.0 Å². The lowest BCUT2D eigenvalue weighted by Crippen LogP contribution is -2.14. The van der Waals surface area contributed by atoms with Crippen LogP contribution in [0.4, 0.5) is 0 Å². The van der Waals surface area contributed by atoms with Gasteiger partial charge in [0.25, 0.3) is 0 Å². The summed E-state index contributed by atoms with van der Waals surface area (Å²) < 4.78 is 6.24. The summed E-state index contributed by atoms with van der Waals surface area (Å²) in [5.74, 6) is 0. The van der Waals surface area contributed by atoms with Gasteiger partial charge in [-0.05, 0) is 34.9 Å². The first kappa shape index (κ1) is 13.2. The number of benzene rings is 3. The monoisotopic (exact) mass is 318 g/mol. The summed E-state index contributed by atoms with van der Waals surface area (Å²) in [4.78, 5) is 0. The fourth-order valence-corrected chi connectivity index (χ4v) is 4.16. The van der Waals surface area contributed by atoms with E-state index in [2.05, 4.69) is 50.2 Å². The van der Waals surface area contributed by atoms with Crippen LogP contribution in [-0.4, -0.2) is 0 Å². The Morgan fingerprint density at radius 2 is 1.65 bits per heavy atom. The molecule has 0 atom stereocenters. The van der Waals surface area contributed by atoms with Gasteiger partial charge in [0.2, 0.25) is 0 Å². The molecule has 0 aliphatic heterocycles. The molecule has 0 N–H and O–H groups in total. The molecule has 0 unspecified atom stereocenters. The number of hydrogen-bond donors (Lipinski definition) is 0. The van der Waals surface area contributed by atoms with Gasteiger partial charge < -0.3 is 4.42 Å². The highest BCUT2D eigenvalue weighted by atomic mass is 35.5. The third kappa shape index (κ3) is 1.58. The molecule has 3 aromatic carbocycles. The molecule has 0 saturated carbocycles. The summed E-state index contributed by atoms with van der Waals surface area (Å²) >= 11 is 6.28. The average molecular weight is 319 g/mol. The van der Waals surface area contributed by atoms with Crippen LogP contribution in [-0.2, 0) is 5.41 Å². The van der Waals surface area contributed by atoms with Gasteiger partial charge >= 0.3 is 0 Å². The van der Waals surface area contributed by atoms with E-state index in [9.17, 15) is 0 Å². The number of fused-ring (bicyclic) bond motifs is 7. The largest absolute Gasteiger partial charge is 0.455 e. The zero-order valence-corrected chi connectivity index (χ0v) is 13.7. The van der Waals surface area contributed by atoms with E-state index in [1.807, 2.05) is 18.2 Å². The maximum atomic E-state index is 6.28. The summed E-state index contributed by atoms with van der Waals surface area (Å²) in [5.41, 5.74) is 6.87. The van der Waals surface area contributed by atoms with Crippen LogP contribution in [0.2, 0.25) is 5.02 Å². The fraction of sp³-hybridized carbons (Fsp3) is 0.143. The first-order valence-electron chi connectivity index (χ1n) is 7.82. The molecule has 23 heavy (non-hydrogen) atoms. The van der Waals surface area contributed by atoms with Gasteiger partial charge in [-0.25, -0.2) is 0 Å². The maximum Gasteiger partial charge on any atom is 0.143 e. The van der Waals surface area contributed by atoms with Crippen molar-refractivity contribution in [2.45, 2.75) is 19.3 Å². The first-order chi connectivity index (χ1) is 11.1. The second kappa shape index (κ2) is 4.18. The Morgan fingerprint density at radius 1 is 0.870 bits per heavy atom. The predicted molar refractivity (Wildman–Crippen MR) is 96.3 cm³/mol. The minimum absolute atomic E-state index is 0.0393. The Labute approximate surface area is 139 Å². The van der Waals surface area contributed by atoms with E-state index in [4.69, 9.17) is 16.0 Å². The highest BCUT2D eigenvalue weighted by molar-refractivity contribution is 6.31. The van der Waals surface area contributed by atoms with E-state index in [1.54, 1.807) is 0 Å². The van der Waals surface area contributed by atoms with Crippen LogP contribution in [0.1, 0.15) is 25.0 Å². The molecule has 0 fully saturated rings. The van der Waals surface area contributed by atoms with Gasteiger partial charge in [-0.3, -0.25) is 0 Å². The van der Waals surface area contributed by atoms with Crippen molar-refractivity contribution >= 4 is 33.5 Å². The van der Waals surface area contributed by atoms with Gasteiger partial charge in [0.15, 0.2) is 0 Å². The van der Waals surface area contributed by atoms with Crippen molar-refractivity contribution in [3.63, 3.8) is 0 Å². The average Bonchev–Trinajstić information content (AvgIpc) is 3.01. The standard InChI is InChI=1S/C21H15ClO/c1-21(2)16-9-7-12(22)11-15(16)19-17(21)10-8-14-13-5-3-4-6-18(13)23-20(14)19/h3-11H,1-2H3. The number of rotatable bonds is 0. The van der Waals surface area contributed by atoms with Crippen molar-refractivity contribution in [3.05, 3.63) is 70.7 Å². The van der Waals surface area contributed by atoms with E-state index in [0.29, 0.717) is 0 Å². The first-order valence-corrected chi connectivity index (χ1v) is 8.20. The van der Waals surface area contributed by atoms with Crippen LogP contribution < -0.4 is 0 Å². The molecule has 1 aliphatic carbocycles. The lowest BCUT2D eigenvalue weighted by molar-refractivity contribution is 0.653. The highest BCUT2D eigenvalue weighted by Gasteiger charge is 2.37. The third-order valence-corrected chi connectivity index (χ3v) is 5.38. The molecule has 1 aromatic heterocycles. The van der Waals surface area contributed by atoms with E-state index in [0.717, 1.165) is 16.2 Å². The predicted octanol–water partition coefficient (Wildman–Crippen LogP) is 6.55. The zero-order chi connectivity index (χ0) is 15.8. The van der Waals surface area contributed by atoms with Crippen LogP contribution in [0, 0.1) is 0 Å². The van der Waals surface area contributed by atoms with Gasteiger partial charge in [-0.15, -0.1) is 0 Å². The molecule has 1 aliphatic rings. The molecule has 4 aromatic rings. The van der Waals surface area contributed by atoms with Gasteiger partial charge in [0.1, 0.15) is 11.2 Å². The van der Waals surface area contributed by atoms with E-state index >= 15 is 0 Å².